The Morgan fingerprint density at radius 2 is 1.81 bits per heavy atom. The topological polar surface area (TPSA) is 12.0 Å². The van der Waals surface area contributed by atoms with E-state index in [0.29, 0.717) is 12.5 Å². The van der Waals surface area contributed by atoms with Crippen LogP contribution in [0.15, 0.2) is 18.2 Å². The van der Waals surface area contributed by atoms with Gasteiger partial charge in [-0.25, -0.2) is 4.39 Å². The highest BCUT2D eigenvalue weighted by molar-refractivity contribution is 5.30. The second-order valence-electron chi connectivity index (χ2n) is 6.06. The molecule has 0 heterocycles. The van der Waals surface area contributed by atoms with Gasteiger partial charge in [-0.2, -0.15) is 13.2 Å². The van der Waals surface area contributed by atoms with E-state index in [1.54, 1.807) is 0 Å². The maximum absolute atomic E-state index is 13.2. The molecule has 0 aromatic heterocycles. The largest absolute Gasteiger partial charge is 0.416 e. The lowest BCUT2D eigenvalue weighted by Gasteiger charge is -2.26. The summed E-state index contributed by atoms with van der Waals surface area (Å²) in [6.45, 7) is 2.98. The summed E-state index contributed by atoms with van der Waals surface area (Å²) in [5.41, 5.74) is -0.777. The Labute approximate surface area is 122 Å². The Balaban J connectivity index is 1.92. The Morgan fingerprint density at radius 3 is 2.43 bits per heavy atom. The van der Waals surface area contributed by atoms with E-state index < -0.39 is 17.6 Å². The van der Waals surface area contributed by atoms with Gasteiger partial charge in [0.1, 0.15) is 5.82 Å². The zero-order valence-corrected chi connectivity index (χ0v) is 12.1. The summed E-state index contributed by atoms with van der Waals surface area (Å²) >= 11 is 0. The molecule has 118 valence electrons. The second kappa shape index (κ2) is 6.77. The Bertz CT molecular complexity index is 462. The number of nitrogens with one attached hydrogen (secondary N) is 1. The van der Waals surface area contributed by atoms with Crippen LogP contribution in [0, 0.1) is 17.7 Å². The third-order valence-electron chi connectivity index (χ3n) is 4.26. The van der Waals surface area contributed by atoms with Gasteiger partial charge in [0.2, 0.25) is 0 Å². The fourth-order valence-electron chi connectivity index (χ4n) is 2.93. The molecular weight excluding hydrogens is 282 g/mol. The summed E-state index contributed by atoms with van der Waals surface area (Å²) < 4.78 is 51.7. The fraction of sp³-hybridized carbons (Fsp3) is 0.625. The normalized spacial score (nSPS) is 23.3. The minimum absolute atomic E-state index is 0.0216. The minimum Gasteiger partial charge on any atom is -0.312 e. The third kappa shape index (κ3) is 4.70. The zero-order chi connectivity index (χ0) is 15.5. The van der Waals surface area contributed by atoms with Crippen molar-refractivity contribution in [3.8, 4) is 0 Å². The quantitative estimate of drug-likeness (QED) is 0.791. The molecule has 0 amide bonds. The molecular formula is C16H21F4N. The Morgan fingerprint density at radius 1 is 1.14 bits per heavy atom. The molecule has 1 aliphatic carbocycles. The number of halogens is 4. The lowest BCUT2D eigenvalue weighted by atomic mass is 9.83. The number of hydrogen-bond donors (Lipinski definition) is 1. The van der Waals surface area contributed by atoms with Gasteiger partial charge in [0, 0.05) is 6.54 Å². The molecule has 0 unspecified atom stereocenters. The van der Waals surface area contributed by atoms with Crippen LogP contribution in [0.4, 0.5) is 17.6 Å². The van der Waals surface area contributed by atoms with Crippen molar-refractivity contribution < 1.29 is 17.6 Å². The maximum atomic E-state index is 13.2. The summed E-state index contributed by atoms with van der Waals surface area (Å²) in [5.74, 6) is 0.636. The van der Waals surface area contributed by atoms with Gasteiger partial charge in [0.05, 0.1) is 5.56 Å². The molecule has 1 fully saturated rings. The van der Waals surface area contributed by atoms with Crippen LogP contribution in [-0.2, 0) is 12.7 Å². The average Bonchev–Trinajstić information content (AvgIpc) is 2.40. The smallest absolute Gasteiger partial charge is 0.312 e. The highest BCUT2D eigenvalue weighted by Crippen LogP contribution is 2.32. The summed E-state index contributed by atoms with van der Waals surface area (Å²) in [6, 6.07) is 2.64. The highest BCUT2D eigenvalue weighted by Gasteiger charge is 2.33. The molecule has 1 aliphatic rings. The van der Waals surface area contributed by atoms with Gasteiger partial charge in [0.15, 0.2) is 0 Å². The molecule has 1 nitrogen and oxygen atoms in total. The summed E-state index contributed by atoms with van der Waals surface area (Å²) in [4.78, 5) is 0. The number of hydrogen-bond acceptors (Lipinski definition) is 1. The number of benzene rings is 1. The SMILES string of the molecule is CC1CCC(CNCc2cc(F)ccc2C(F)(F)F)CC1. The predicted molar refractivity (Wildman–Crippen MR) is 74.2 cm³/mol. The highest BCUT2D eigenvalue weighted by atomic mass is 19.4. The molecule has 2 rings (SSSR count). The number of rotatable bonds is 4. The average molecular weight is 303 g/mol. The molecule has 0 atom stereocenters. The van der Waals surface area contributed by atoms with Crippen molar-refractivity contribution in [3.05, 3.63) is 35.1 Å². The predicted octanol–water partition coefficient (Wildman–Crippen LogP) is 4.76. The maximum Gasteiger partial charge on any atom is 0.416 e. The Kier molecular flexibility index (Phi) is 5.25. The first-order valence-corrected chi connectivity index (χ1v) is 7.42. The van der Waals surface area contributed by atoms with E-state index in [1.165, 1.54) is 12.8 Å². The Hall–Kier alpha value is -1.10. The molecule has 0 radical (unpaired) electrons. The molecule has 1 saturated carbocycles. The van der Waals surface area contributed by atoms with Crippen LogP contribution in [0.5, 0.6) is 0 Å². The molecule has 0 spiro atoms. The molecule has 0 bridgehead atoms. The molecule has 0 saturated heterocycles. The molecule has 5 heteroatoms. The van der Waals surface area contributed by atoms with Crippen LogP contribution in [0.2, 0.25) is 0 Å². The lowest BCUT2D eigenvalue weighted by Crippen LogP contribution is -2.26. The van der Waals surface area contributed by atoms with Crippen molar-refractivity contribution in [3.63, 3.8) is 0 Å². The van der Waals surface area contributed by atoms with Crippen LogP contribution in [0.1, 0.15) is 43.7 Å². The van der Waals surface area contributed by atoms with Gasteiger partial charge in [-0.1, -0.05) is 19.8 Å². The third-order valence-corrected chi connectivity index (χ3v) is 4.26. The molecule has 1 N–H and O–H groups in total. The van der Waals surface area contributed by atoms with Crippen molar-refractivity contribution in [2.75, 3.05) is 6.54 Å². The van der Waals surface area contributed by atoms with Crippen molar-refractivity contribution in [2.45, 2.75) is 45.3 Å². The first-order valence-electron chi connectivity index (χ1n) is 7.42. The second-order valence-corrected chi connectivity index (χ2v) is 6.06. The van der Waals surface area contributed by atoms with E-state index in [2.05, 4.69) is 12.2 Å². The van der Waals surface area contributed by atoms with Crippen LogP contribution in [0.25, 0.3) is 0 Å². The lowest BCUT2D eigenvalue weighted by molar-refractivity contribution is -0.138. The minimum atomic E-state index is -4.44. The van der Waals surface area contributed by atoms with Gasteiger partial charge in [-0.05, 0) is 55.0 Å². The van der Waals surface area contributed by atoms with E-state index in [-0.39, 0.29) is 12.1 Å². The zero-order valence-electron chi connectivity index (χ0n) is 12.1. The van der Waals surface area contributed by atoms with Crippen molar-refractivity contribution in [1.29, 1.82) is 0 Å². The summed E-state index contributed by atoms with van der Waals surface area (Å²) in [7, 11) is 0. The van der Waals surface area contributed by atoms with Crippen molar-refractivity contribution >= 4 is 0 Å². The monoisotopic (exact) mass is 303 g/mol. The van der Waals surface area contributed by atoms with Crippen molar-refractivity contribution in [2.24, 2.45) is 11.8 Å². The standard InChI is InChI=1S/C16H21F4N/c1-11-2-4-12(5-3-11)9-21-10-13-8-14(17)6-7-15(13)16(18,19)20/h6-8,11-12,21H,2-5,9-10H2,1H3. The van der Waals surface area contributed by atoms with Gasteiger partial charge in [0.25, 0.3) is 0 Å². The van der Waals surface area contributed by atoms with E-state index in [9.17, 15) is 17.6 Å². The molecule has 21 heavy (non-hydrogen) atoms. The van der Waals surface area contributed by atoms with Crippen LogP contribution in [0.3, 0.4) is 0 Å². The van der Waals surface area contributed by atoms with Crippen LogP contribution >= 0.6 is 0 Å². The number of alkyl halides is 3. The molecule has 1 aromatic rings. The van der Waals surface area contributed by atoms with Gasteiger partial charge in [-0.15, -0.1) is 0 Å². The van der Waals surface area contributed by atoms with Crippen LogP contribution < -0.4 is 5.32 Å². The van der Waals surface area contributed by atoms with E-state index in [1.807, 2.05) is 0 Å². The van der Waals surface area contributed by atoms with Crippen LogP contribution in [-0.4, -0.2) is 6.54 Å². The first kappa shape index (κ1) is 16.3. The summed E-state index contributed by atoms with van der Waals surface area (Å²) in [6.07, 6.45) is 0.151. The fourth-order valence-corrected chi connectivity index (χ4v) is 2.93. The summed E-state index contributed by atoms with van der Waals surface area (Å²) in [5, 5.41) is 3.06. The van der Waals surface area contributed by atoms with Gasteiger partial charge in [-0.3, -0.25) is 0 Å². The van der Waals surface area contributed by atoms with E-state index in [4.69, 9.17) is 0 Å². The van der Waals surface area contributed by atoms with E-state index >= 15 is 0 Å². The molecule has 0 aliphatic heterocycles. The first-order chi connectivity index (χ1) is 9.86. The van der Waals surface area contributed by atoms with E-state index in [0.717, 1.165) is 37.0 Å². The molecule has 1 aromatic carbocycles. The van der Waals surface area contributed by atoms with Crippen molar-refractivity contribution in [1.82, 2.24) is 5.32 Å². The van der Waals surface area contributed by atoms with Gasteiger partial charge >= 0.3 is 6.18 Å². The van der Waals surface area contributed by atoms with Gasteiger partial charge < -0.3 is 5.32 Å².